The Bertz CT molecular complexity index is 770. The smallest absolute Gasteiger partial charge is 0.297 e. The lowest BCUT2D eigenvalue weighted by molar-refractivity contribution is 0.416. The molecule has 0 aliphatic heterocycles. The summed E-state index contributed by atoms with van der Waals surface area (Å²) in [5, 5.41) is 11.7. The third kappa shape index (κ3) is 3.80. The van der Waals surface area contributed by atoms with Crippen LogP contribution in [-0.2, 0) is 12.8 Å². The Morgan fingerprint density at radius 2 is 1.96 bits per heavy atom. The van der Waals surface area contributed by atoms with E-state index in [1.807, 2.05) is 49.0 Å². The van der Waals surface area contributed by atoms with Crippen molar-refractivity contribution in [3.8, 4) is 17.4 Å². The number of halogens is 1. The number of likely N-dealkylation sites (N-methyl/N-ethyl adjacent to an activating group) is 1. The molecule has 1 aromatic carbocycles. The number of para-hydroxylation sites is 1. The van der Waals surface area contributed by atoms with Gasteiger partial charge in [0.2, 0.25) is 5.82 Å². The lowest BCUT2D eigenvalue weighted by Gasteiger charge is -2.04. The molecule has 0 bridgehead atoms. The zero-order chi connectivity index (χ0) is 16.2. The summed E-state index contributed by atoms with van der Waals surface area (Å²) in [7, 11) is 1.91. The molecule has 1 unspecified atom stereocenters. The molecule has 7 nitrogen and oxygen atoms in total. The standard InChI is InChI=1S/C16H20N6O.ClH/c1-4-14-19-15(20-22(14)12-8-6-5-7-9-12)16-18-13(21-23-16)10-11(2)17-3;/h5-9,11,17H,4,10H2,1-3H3;1H. The van der Waals surface area contributed by atoms with E-state index >= 15 is 0 Å². The van der Waals surface area contributed by atoms with Gasteiger partial charge in [0.15, 0.2) is 5.82 Å². The van der Waals surface area contributed by atoms with Gasteiger partial charge < -0.3 is 9.84 Å². The molecule has 24 heavy (non-hydrogen) atoms. The van der Waals surface area contributed by atoms with Crippen LogP contribution in [0.15, 0.2) is 34.9 Å². The first-order chi connectivity index (χ1) is 11.2. The molecule has 128 valence electrons. The molecular weight excluding hydrogens is 328 g/mol. The topological polar surface area (TPSA) is 81.7 Å². The van der Waals surface area contributed by atoms with Gasteiger partial charge >= 0.3 is 0 Å². The molecule has 3 aromatic rings. The Kier molecular flexibility index (Phi) is 6.05. The maximum atomic E-state index is 5.32. The van der Waals surface area contributed by atoms with Crippen LogP contribution in [0.25, 0.3) is 17.4 Å². The first-order valence-electron chi connectivity index (χ1n) is 7.72. The van der Waals surface area contributed by atoms with Gasteiger partial charge in [-0.2, -0.15) is 4.98 Å². The molecule has 1 atom stereocenters. The summed E-state index contributed by atoms with van der Waals surface area (Å²) in [6.07, 6.45) is 1.46. The average molecular weight is 349 g/mol. The molecule has 0 radical (unpaired) electrons. The highest BCUT2D eigenvalue weighted by Crippen LogP contribution is 2.17. The lowest BCUT2D eigenvalue weighted by atomic mass is 10.2. The molecule has 0 amide bonds. The summed E-state index contributed by atoms with van der Waals surface area (Å²) in [6, 6.07) is 10.2. The van der Waals surface area contributed by atoms with Gasteiger partial charge in [0.1, 0.15) is 5.82 Å². The summed E-state index contributed by atoms with van der Waals surface area (Å²) < 4.78 is 7.13. The van der Waals surface area contributed by atoms with Crippen molar-refractivity contribution in [1.82, 2.24) is 30.2 Å². The molecule has 0 saturated carbocycles. The molecule has 0 fully saturated rings. The number of aromatic nitrogens is 5. The largest absolute Gasteiger partial charge is 0.330 e. The van der Waals surface area contributed by atoms with E-state index in [0.717, 1.165) is 17.9 Å². The number of rotatable bonds is 6. The molecular formula is C16H21ClN6O. The fourth-order valence-electron chi connectivity index (χ4n) is 2.24. The zero-order valence-electron chi connectivity index (χ0n) is 13.9. The van der Waals surface area contributed by atoms with Gasteiger partial charge in [0.05, 0.1) is 5.69 Å². The highest BCUT2D eigenvalue weighted by Gasteiger charge is 2.18. The van der Waals surface area contributed by atoms with Crippen molar-refractivity contribution in [2.75, 3.05) is 7.05 Å². The van der Waals surface area contributed by atoms with Crippen LogP contribution in [0.5, 0.6) is 0 Å². The predicted octanol–water partition coefficient (Wildman–Crippen LogP) is 2.45. The van der Waals surface area contributed by atoms with E-state index in [2.05, 4.69) is 32.5 Å². The van der Waals surface area contributed by atoms with Crippen molar-refractivity contribution in [2.45, 2.75) is 32.7 Å². The number of hydrogen-bond donors (Lipinski definition) is 1. The second-order valence-electron chi connectivity index (χ2n) is 5.36. The SMILES string of the molecule is CCc1nc(-c2nc(CC(C)NC)no2)nn1-c1ccccc1.Cl. The average Bonchev–Trinajstić information content (AvgIpc) is 3.22. The quantitative estimate of drug-likeness (QED) is 0.736. The lowest BCUT2D eigenvalue weighted by Crippen LogP contribution is -2.24. The van der Waals surface area contributed by atoms with E-state index in [-0.39, 0.29) is 18.4 Å². The van der Waals surface area contributed by atoms with Crippen molar-refractivity contribution < 1.29 is 4.52 Å². The van der Waals surface area contributed by atoms with E-state index in [1.54, 1.807) is 0 Å². The van der Waals surface area contributed by atoms with Crippen LogP contribution in [0.1, 0.15) is 25.5 Å². The third-order valence-electron chi connectivity index (χ3n) is 3.63. The summed E-state index contributed by atoms with van der Waals surface area (Å²) in [4.78, 5) is 8.92. The number of benzene rings is 1. The first-order valence-corrected chi connectivity index (χ1v) is 7.72. The normalized spacial score (nSPS) is 12.0. The predicted molar refractivity (Wildman–Crippen MR) is 93.5 cm³/mol. The molecule has 3 rings (SSSR count). The number of hydrogen-bond acceptors (Lipinski definition) is 6. The minimum absolute atomic E-state index is 0. The third-order valence-corrected chi connectivity index (χ3v) is 3.63. The summed E-state index contributed by atoms with van der Waals surface area (Å²) in [5.74, 6) is 2.32. The van der Waals surface area contributed by atoms with Crippen LogP contribution in [0.3, 0.4) is 0 Å². The van der Waals surface area contributed by atoms with Crippen LogP contribution < -0.4 is 5.32 Å². The molecule has 0 saturated heterocycles. The Labute approximate surface area is 146 Å². The molecule has 2 aromatic heterocycles. The Morgan fingerprint density at radius 1 is 1.21 bits per heavy atom. The van der Waals surface area contributed by atoms with Crippen LogP contribution >= 0.6 is 12.4 Å². The van der Waals surface area contributed by atoms with Gasteiger partial charge in [0.25, 0.3) is 5.89 Å². The Morgan fingerprint density at radius 3 is 2.62 bits per heavy atom. The minimum atomic E-state index is 0. The van der Waals surface area contributed by atoms with Crippen molar-refractivity contribution in [1.29, 1.82) is 0 Å². The monoisotopic (exact) mass is 348 g/mol. The molecule has 1 N–H and O–H groups in total. The van der Waals surface area contributed by atoms with Crippen molar-refractivity contribution in [3.63, 3.8) is 0 Å². The van der Waals surface area contributed by atoms with Gasteiger partial charge in [-0.05, 0) is 26.1 Å². The molecule has 0 aliphatic rings. The number of nitrogens with zero attached hydrogens (tertiary/aromatic N) is 5. The minimum Gasteiger partial charge on any atom is -0.330 e. The van der Waals surface area contributed by atoms with Gasteiger partial charge in [-0.15, -0.1) is 17.5 Å². The summed E-state index contributed by atoms with van der Waals surface area (Å²) in [5.41, 5.74) is 0.964. The number of aryl methyl sites for hydroxylation is 1. The maximum Gasteiger partial charge on any atom is 0.297 e. The van der Waals surface area contributed by atoms with Crippen LogP contribution in [0, 0.1) is 0 Å². The van der Waals surface area contributed by atoms with E-state index in [9.17, 15) is 0 Å². The van der Waals surface area contributed by atoms with Crippen LogP contribution in [0.4, 0.5) is 0 Å². The van der Waals surface area contributed by atoms with Gasteiger partial charge in [0, 0.05) is 18.9 Å². The fourth-order valence-corrected chi connectivity index (χ4v) is 2.24. The summed E-state index contributed by atoms with van der Waals surface area (Å²) >= 11 is 0. The molecule has 8 heteroatoms. The second kappa shape index (κ2) is 8.03. The highest BCUT2D eigenvalue weighted by atomic mass is 35.5. The van der Waals surface area contributed by atoms with Gasteiger partial charge in [-0.25, -0.2) is 9.67 Å². The molecule has 0 spiro atoms. The van der Waals surface area contributed by atoms with E-state index in [0.29, 0.717) is 24.0 Å². The maximum absolute atomic E-state index is 5.32. The van der Waals surface area contributed by atoms with E-state index in [1.165, 1.54) is 0 Å². The van der Waals surface area contributed by atoms with Crippen molar-refractivity contribution in [3.05, 3.63) is 42.0 Å². The van der Waals surface area contributed by atoms with E-state index < -0.39 is 0 Å². The van der Waals surface area contributed by atoms with Crippen LogP contribution in [0.2, 0.25) is 0 Å². The molecule has 2 heterocycles. The first kappa shape index (κ1) is 18.1. The van der Waals surface area contributed by atoms with Crippen molar-refractivity contribution in [2.24, 2.45) is 0 Å². The number of nitrogens with one attached hydrogen (secondary N) is 1. The van der Waals surface area contributed by atoms with Crippen molar-refractivity contribution >= 4 is 12.4 Å². The Hall–Kier alpha value is -2.25. The van der Waals surface area contributed by atoms with Gasteiger partial charge in [-0.3, -0.25) is 0 Å². The van der Waals surface area contributed by atoms with Gasteiger partial charge in [-0.1, -0.05) is 30.3 Å². The zero-order valence-corrected chi connectivity index (χ0v) is 14.7. The second-order valence-corrected chi connectivity index (χ2v) is 5.36. The summed E-state index contributed by atoms with van der Waals surface area (Å²) in [6.45, 7) is 4.11. The Balaban J connectivity index is 0.00000208. The van der Waals surface area contributed by atoms with E-state index in [4.69, 9.17) is 4.52 Å². The molecule has 0 aliphatic carbocycles. The van der Waals surface area contributed by atoms with Crippen LogP contribution in [-0.4, -0.2) is 38.0 Å². The highest BCUT2D eigenvalue weighted by molar-refractivity contribution is 5.85. The fraction of sp³-hybridized carbons (Fsp3) is 0.375.